The lowest BCUT2D eigenvalue weighted by Crippen LogP contribution is -2.05. The summed E-state index contributed by atoms with van der Waals surface area (Å²) in [7, 11) is 1.61. The number of amides is 1. The van der Waals surface area contributed by atoms with E-state index in [0.29, 0.717) is 11.4 Å². The summed E-state index contributed by atoms with van der Waals surface area (Å²) >= 11 is 0. The maximum absolute atomic E-state index is 11.1. The van der Waals surface area contributed by atoms with Gasteiger partial charge >= 0.3 is 6.01 Å². The normalized spacial score (nSPS) is 10.6. The minimum absolute atomic E-state index is 0.174. The van der Waals surface area contributed by atoms with Gasteiger partial charge in [0.2, 0.25) is 5.91 Å². The Hall–Kier alpha value is -2.82. The number of nitrogens with zero attached hydrogens (tertiary/aromatic N) is 1. The molecule has 1 aromatic heterocycles. The molecule has 0 spiro atoms. The third-order valence-electron chi connectivity index (χ3n) is 3.15. The van der Waals surface area contributed by atoms with Crippen molar-refractivity contribution in [2.24, 2.45) is 0 Å². The minimum Gasteiger partial charge on any atom is -0.496 e. The molecule has 5 nitrogen and oxygen atoms in total. The fourth-order valence-corrected chi connectivity index (χ4v) is 2.28. The predicted octanol–water partition coefficient (Wildman–Crippen LogP) is 3.46. The van der Waals surface area contributed by atoms with E-state index in [0.717, 1.165) is 16.3 Å². The van der Waals surface area contributed by atoms with Crippen LogP contribution in [-0.4, -0.2) is 18.0 Å². The van der Waals surface area contributed by atoms with Crippen LogP contribution in [0.25, 0.3) is 22.0 Å². The van der Waals surface area contributed by atoms with E-state index < -0.39 is 0 Å². The lowest BCUT2D eigenvalue weighted by Gasteiger charge is -2.09. The lowest BCUT2D eigenvalue weighted by molar-refractivity contribution is -0.114. The zero-order valence-electron chi connectivity index (χ0n) is 11.7. The molecule has 0 aliphatic rings. The highest BCUT2D eigenvalue weighted by Gasteiger charge is 2.15. The highest BCUT2D eigenvalue weighted by atomic mass is 16.5. The number of carbonyl (C=O) groups excluding carboxylic acids is 1. The average Bonchev–Trinajstić information content (AvgIpc) is 2.93. The Bertz CT molecular complexity index is 808. The number of oxazole rings is 1. The van der Waals surface area contributed by atoms with Crippen LogP contribution in [0.5, 0.6) is 5.75 Å². The average molecular weight is 282 g/mol. The molecule has 0 saturated heterocycles. The van der Waals surface area contributed by atoms with E-state index in [-0.39, 0.29) is 11.9 Å². The van der Waals surface area contributed by atoms with Crippen LogP contribution in [0.4, 0.5) is 6.01 Å². The second kappa shape index (κ2) is 5.28. The van der Waals surface area contributed by atoms with Crippen LogP contribution >= 0.6 is 0 Å². The predicted molar refractivity (Wildman–Crippen MR) is 80.3 cm³/mol. The number of aromatic nitrogens is 1. The zero-order chi connectivity index (χ0) is 14.8. The fraction of sp³-hybridized carbons (Fsp3) is 0.125. The van der Waals surface area contributed by atoms with Crippen molar-refractivity contribution in [1.82, 2.24) is 4.98 Å². The Morgan fingerprint density at radius 2 is 2.05 bits per heavy atom. The van der Waals surface area contributed by atoms with Gasteiger partial charge in [0.1, 0.15) is 17.7 Å². The second-order valence-corrected chi connectivity index (χ2v) is 4.58. The summed E-state index contributed by atoms with van der Waals surface area (Å²) in [5.41, 5.74) is 1.46. The van der Waals surface area contributed by atoms with E-state index in [1.807, 2.05) is 36.4 Å². The number of fused-ring (bicyclic) bond motifs is 1. The Labute approximate surface area is 121 Å². The number of hydrogen-bond acceptors (Lipinski definition) is 4. The number of benzene rings is 2. The van der Waals surface area contributed by atoms with Crippen LogP contribution in [0.15, 0.2) is 47.1 Å². The summed E-state index contributed by atoms with van der Waals surface area (Å²) in [5.74, 6) is 0.477. The van der Waals surface area contributed by atoms with E-state index in [4.69, 9.17) is 9.15 Å². The molecule has 5 heteroatoms. The molecule has 0 bridgehead atoms. The molecule has 0 radical (unpaired) electrons. The van der Waals surface area contributed by atoms with Crippen molar-refractivity contribution in [1.29, 1.82) is 0 Å². The smallest absolute Gasteiger partial charge is 0.301 e. The number of methoxy groups -OCH3 is 1. The van der Waals surface area contributed by atoms with Gasteiger partial charge in [-0.3, -0.25) is 10.1 Å². The summed E-state index contributed by atoms with van der Waals surface area (Å²) < 4.78 is 10.7. The first kappa shape index (κ1) is 13.2. The molecule has 0 aliphatic carbocycles. The van der Waals surface area contributed by atoms with Crippen LogP contribution in [-0.2, 0) is 4.79 Å². The van der Waals surface area contributed by atoms with Crippen molar-refractivity contribution in [3.8, 4) is 17.0 Å². The Kier molecular flexibility index (Phi) is 3.31. The Morgan fingerprint density at radius 1 is 1.24 bits per heavy atom. The molecule has 1 heterocycles. The first-order chi connectivity index (χ1) is 10.2. The summed E-state index contributed by atoms with van der Waals surface area (Å²) in [5, 5.41) is 4.62. The Morgan fingerprint density at radius 3 is 2.81 bits per heavy atom. The molecule has 0 saturated carbocycles. The molecule has 0 unspecified atom stereocenters. The van der Waals surface area contributed by atoms with E-state index in [9.17, 15) is 4.79 Å². The second-order valence-electron chi connectivity index (χ2n) is 4.58. The maximum atomic E-state index is 11.1. The molecule has 0 fully saturated rings. The number of carbonyl (C=O) groups is 1. The molecule has 0 aliphatic heterocycles. The number of hydrogen-bond donors (Lipinski definition) is 1. The molecule has 3 aromatic rings. The van der Waals surface area contributed by atoms with Gasteiger partial charge < -0.3 is 9.15 Å². The third kappa shape index (κ3) is 2.45. The van der Waals surface area contributed by atoms with Crippen molar-refractivity contribution in [2.75, 3.05) is 12.4 Å². The summed E-state index contributed by atoms with van der Waals surface area (Å²) in [6.45, 7) is 1.41. The molecular formula is C16H14N2O3. The van der Waals surface area contributed by atoms with Crippen LogP contribution in [0.1, 0.15) is 6.92 Å². The Balaban J connectivity index is 2.18. The standard InChI is InChI=1S/C16H14N2O3/c1-10(19)17-16-18-13(9-21-16)15-12-6-4-3-5-11(12)7-8-14(15)20-2/h3-9H,1-2H3,(H,17,18,19). The summed E-state index contributed by atoms with van der Waals surface area (Å²) in [6, 6.07) is 12.0. The third-order valence-corrected chi connectivity index (χ3v) is 3.15. The molecule has 0 atom stereocenters. The van der Waals surface area contributed by atoms with E-state index >= 15 is 0 Å². The molecule has 1 amide bonds. The van der Waals surface area contributed by atoms with Crippen LogP contribution < -0.4 is 10.1 Å². The van der Waals surface area contributed by atoms with Crippen molar-refractivity contribution >= 4 is 22.7 Å². The lowest BCUT2D eigenvalue weighted by atomic mass is 10.0. The van der Waals surface area contributed by atoms with Gasteiger partial charge in [-0.25, -0.2) is 0 Å². The van der Waals surface area contributed by atoms with Crippen LogP contribution in [0.3, 0.4) is 0 Å². The highest BCUT2D eigenvalue weighted by molar-refractivity contribution is 5.99. The molecular weight excluding hydrogens is 268 g/mol. The quantitative estimate of drug-likeness (QED) is 0.799. The first-order valence-corrected chi connectivity index (χ1v) is 6.48. The van der Waals surface area contributed by atoms with Crippen LogP contribution in [0.2, 0.25) is 0 Å². The molecule has 3 rings (SSSR count). The first-order valence-electron chi connectivity index (χ1n) is 6.48. The summed E-state index contributed by atoms with van der Waals surface area (Å²) in [4.78, 5) is 15.4. The van der Waals surface area contributed by atoms with Gasteiger partial charge in [0.25, 0.3) is 0 Å². The van der Waals surface area contributed by atoms with Gasteiger partial charge in [0.05, 0.1) is 12.7 Å². The maximum Gasteiger partial charge on any atom is 0.301 e. The van der Waals surface area contributed by atoms with E-state index in [1.54, 1.807) is 7.11 Å². The largest absolute Gasteiger partial charge is 0.496 e. The van der Waals surface area contributed by atoms with Crippen LogP contribution in [0, 0.1) is 0 Å². The van der Waals surface area contributed by atoms with Crippen molar-refractivity contribution < 1.29 is 13.9 Å². The van der Waals surface area contributed by atoms with Gasteiger partial charge in [0.15, 0.2) is 0 Å². The molecule has 2 aromatic carbocycles. The highest BCUT2D eigenvalue weighted by Crippen LogP contribution is 2.36. The van der Waals surface area contributed by atoms with Gasteiger partial charge in [-0.05, 0) is 16.8 Å². The summed E-state index contributed by atoms with van der Waals surface area (Å²) in [6.07, 6.45) is 1.51. The molecule has 106 valence electrons. The number of rotatable bonds is 3. The zero-order valence-corrected chi connectivity index (χ0v) is 11.7. The van der Waals surface area contributed by atoms with Crippen molar-refractivity contribution in [2.45, 2.75) is 6.92 Å². The fourth-order valence-electron chi connectivity index (χ4n) is 2.28. The molecule has 1 N–H and O–H groups in total. The minimum atomic E-state index is -0.228. The number of nitrogens with one attached hydrogen (secondary N) is 1. The monoisotopic (exact) mass is 282 g/mol. The van der Waals surface area contributed by atoms with Gasteiger partial charge in [-0.1, -0.05) is 30.3 Å². The number of ether oxygens (including phenoxy) is 1. The van der Waals surface area contributed by atoms with Crippen molar-refractivity contribution in [3.05, 3.63) is 42.7 Å². The topological polar surface area (TPSA) is 64.4 Å². The van der Waals surface area contributed by atoms with E-state index in [1.165, 1.54) is 13.2 Å². The van der Waals surface area contributed by atoms with E-state index in [2.05, 4.69) is 10.3 Å². The van der Waals surface area contributed by atoms with Crippen molar-refractivity contribution in [3.63, 3.8) is 0 Å². The molecule has 21 heavy (non-hydrogen) atoms. The van der Waals surface area contributed by atoms with Gasteiger partial charge in [0, 0.05) is 6.92 Å². The number of anilines is 1. The van der Waals surface area contributed by atoms with Gasteiger partial charge in [-0.2, -0.15) is 4.98 Å². The SMILES string of the molecule is COc1ccc2ccccc2c1-c1coc(NC(C)=O)n1. The van der Waals surface area contributed by atoms with Gasteiger partial charge in [-0.15, -0.1) is 0 Å².